The van der Waals surface area contributed by atoms with Crippen molar-refractivity contribution in [3.63, 3.8) is 0 Å². The Morgan fingerprint density at radius 2 is 1.92 bits per heavy atom. The highest BCUT2D eigenvalue weighted by molar-refractivity contribution is 7.92. The lowest BCUT2D eigenvalue weighted by molar-refractivity contribution is -0.124. The van der Waals surface area contributed by atoms with Gasteiger partial charge >= 0.3 is 0 Å². The molecule has 1 aromatic rings. The summed E-state index contributed by atoms with van der Waals surface area (Å²) in [5, 5.41) is 7.03. The van der Waals surface area contributed by atoms with Crippen LogP contribution in [0.25, 0.3) is 0 Å². The lowest BCUT2D eigenvalue weighted by Crippen LogP contribution is -2.58. The van der Waals surface area contributed by atoms with Crippen LogP contribution in [-0.2, 0) is 21.1 Å². The van der Waals surface area contributed by atoms with Gasteiger partial charge in [-0.2, -0.15) is 0 Å². The van der Waals surface area contributed by atoms with Gasteiger partial charge in [0.2, 0.25) is 5.91 Å². The van der Waals surface area contributed by atoms with Crippen LogP contribution in [0.15, 0.2) is 18.2 Å². The van der Waals surface area contributed by atoms with Crippen LogP contribution in [0, 0.1) is 0 Å². The highest BCUT2D eigenvalue weighted by Gasteiger charge is 2.48. The fraction of sp³-hybridized carbons (Fsp3) is 0.562. The van der Waals surface area contributed by atoms with Gasteiger partial charge in [-0.25, -0.2) is 8.42 Å². The van der Waals surface area contributed by atoms with Gasteiger partial charge in [0, 0.05) is 22.3 Å². The molecule has 0 bridgehead atoms. The second-order valence-electron chi connectivity index (χ2n) is 6.33. The predicted molar refractivity (Wildman–Crippen MR) is 105 cm³/mol. The smallest absolute Gasteiger partial charge is 0.241 e. The molecule has 2 N–H and O–H groups in total. The summed E-state index contributed by atoms with van der Waals surface area (Å²) in [5.74, 6) is -0.427. The van der Waals surface area contributed by atoms with Crippen molar-refractivity contribution in [3.05, 3.63) is 33.8 Å². The molecule has 1 unspecified atom stereocenters. The van der Waals surface area contributed by atoms with Gasteiger partial charge in [0.05, 0.1) is 0 Å². The Bertz CT molecular complexity index is 719. The normalized spacial score (nSPS) is 18.1. The van der Waals surface area contributed by atoms with Crippen molar-refractivity contribution in [2.45, 2.75) is 37.0 Å². The summed E-state index contributed by atoms with van der Waals surface area (Å²) in [6.07, 6.45) is 2.20. The minimum atomic E-state index is -3.51. The number of sulfone groups is 1. The van der Waals surface area contributed by atoms with Gasteiger partial charge in [0.15, 0.2) is 14.6 Å². The van der Waals surface area contributed by atoms with Gasteiger partial charge in [-0.3, -0.25) is 4.79 Å². The zero-order valence-electron chi connectivity index (χ0n) is 14.1. The van der Waals surface area contributed by atoms with Crippen molar-refractivity contribution in [2.75, 3.05) is 19.3 Å². The van der Waals surface area contributed by atoms with Crippen molar-refractivity contribution in [1.82, 2.24) is 10.6 Å². The van der Waals surface area contributed by atoms with Crippen molar-refractivity contribution in [2.24, 2.45) is 0 Å². The third kappa shape index (κ3) is 5.23. The van der Waals surface area contributed by atoms with E-state index in [4.69, 9.17) is 23.2 Å². The van der Waals surface area contributed by atoms with Crippen LogP contribution in [0.3, 0.4) is 0 Å². The van der Waals surface area contributed by atoms with Gasteiger partial charge in [0.25, 0.3) is 0 Å². The molecule has 2 rings (SSSR count). The Balaban J connectivity index is 0.00000312. The van der Waals surface area contributed by atoms with Crippen LogP contribution in [0.4, 0.5) is 0 Å². The highest BCUT2D eigenvalue weighted by atomic mass is 35.5. The zero-order valence-corrected chi connectivity index (χ0v) is 17.3. The first kappa shape index (κ1) is 22.5. The quantitative estimate of drug-likeness (QED) is 0.754. The van der Waals surface area contributed by atoms with E-state index < -0.39 is 20.5 Å². The topological polar surface area (TPSA) is 75.3 Å². The summed E-state index contributed by atoms with van der Waals surface area (Å²) in [5.41, 5.74) is 0.854. The third-order valence-electron chi connectivity index (χ3n) is 4.45. The Morgan fingerprint density at radius 3 is 2.44 bits per heavy atom. The van der Waals surface area contributed by atoms with E-state index in [1.54, 1.807) is 12.1 Å². The number of carbonyl (C=O) groups excluding carboxylic acids is 1. The number of nitrogens with one attached hydrogen (secondary N) is 2. The summed E-state index contributed by atoms with van der Waals surface area (Å²) < 4.78 is 23.2. The maximum Gasteiger partial charge on any atom is 0.241 e. The van der Waals surface area contributed by atoms with Crippen LogP contribution < -0.4 is 10.6 Å². The van der Waals surface area contributed by atoms with Gasteiger partial charge in [-0.15, -0.1) is 12.4 Å². The number of rotatable bonds is 5. The largest absolute Gasteiger partial charge is 0.352 e. The van der Waals surface area contributed by atoms with E-state index in [2.05, 4.69) is 10.6 Å². The van der Waals surface area contributed by atoms with E-state index in [0.29, 0.717) is 29.6 Å². The van der Waals surface area contributed by atoms with Crippen molar-refractivity contribution >= 4 is 51.4 Å². The molecule has 9 heteroatoms. The molecule has 1 aliphatic rings. The second-order valence-corrected chi connectivity index (χ2v) is 9.50. The second kappa shape index (κ2) is 8.91. The molecule has 0 spiro atoms. The van der Waals surface area contributed by atoms with Crippen LogP contribution >= 0.6 is 35.6 Å². The number of benzene rings is 1. The first-order valence-electron chi connectivity index (χ1n) is 7.81. The predicted octanol–water partition coefficient (Wildman–Crippen LogP) is 2.63. The van der Waals surface area contributed by atoms with Gasteiger partial charge in [-0.1, -0.05) is 29.3 Å². The van der Waals surface area contributed by atoms with E-state index in [1.807, 2.05) is 13.0 Å². The van der Waals surface area contributed by atoms with Crippen LogP contribution in [0.2, 0.25) is 10.0 Å². The number of piperidine rings is 1. The molecule has 1 fully saturated rings. The minimum Gasteiger partial charge on any atom is -0.352 e. The number of carbonyl (C=O) groups is 1. The first-order chi connectivity index (χ1) is 11.2. The molecule has 0 radical (unpaired) electrons. The standard InChI is InChI=1S/C16H22Cl2N2O3S.ClH/c1-11(9-12-3-4-13(17)10-14(12)18)20-15(21)16(24(2,22)23)5-7-19-8-6-16;/h3-4,10-11,19H,5-9H2,1-2H3,(H,20,21);1H. The Morgan fingerprint density at radius 1 is 1.32 bits per heavy atom. The van der Waals surface area contributed by atoms with Crippen LogP contribution in [0.5, 0.6) is 0 Å². The molecule has 142 valence electrons. The number of hydrogen-bond acceptors (Lipinski definition) is 4. The Labute approximate surface area is 165 Å². The van der Waals surface area contributed by atoms with Gasteiger partial charge in [-0.05, 0) is 57.0 Å². The molecule has 1 aliphatic heterocycles. The van der Waals surface area contributed by atoms with Crippen molar-refractivity contribution < 1.29 is 13.2 Å². The molecular formula is C16H23Cl3N2O3S. The number of halogens is 3. The molecule has 25 heavy (non-hydrogen) atoms. The van der Waals surface area contributed by atoms with Crippen LogP contribution in [-0.4, -0.2) is 44.5 Å². The molecule has 5 nitrogen and oxygen atoms in total. The molecule has 0 aliphatic carbocycles. The third-order valence-corrected chi connectivity index (χ3v) is 7.05. The Kier molecular flexibility index (Phi) is 8.02. The monoisotopic (exact) mass is 428 g/mol. The molecule has 1 saturated heterocycles. The molecule has 1 heterocycles. The summed E-state index contributed by atoms with van der Waals surface area (Å²) in [4.78, 5) is 12.7. The lowest BCUT2D eigenvalue weighted by Gasteiger charge is -2.35. The molecular weight excluding hydrogens is 407 g/mol. The number of amides is 1. The molecule has 0 aromatic heterocycles. The maximum atomic E-state index is 12.7. The van der Waals surface area contributed by atoms with Gasteiger partial charge in [0.1, 0.15) is 0 Å². The fourth-order valence-corrected chi connectivity index (χ4v) is 4.85. The summed E-state index contributed by atoms with van der Waals surface area (Å²) in [6, 6.07) is 4.95. The zero-order chi connectivity index (χ0) is 18.0. The van der Waals surface area contributed by atoms with E-state index in [9.17, 15) is 13.2 Å². The van der Waals surface area contributed by atoms with E-state index >= 15 is 0 Å². The maximum absolute atomic E-state index is 12.7. The average Bonchev–Trinajstić information content (AvgIpc) is 2.49. The van der Waals surface area contributed by atoms with E-state index in [0.717, 1.165) is 11.8 Å². The average molecular weight is 430 g/mol. The highest BCUT2D eigenvalue weighted by Crippen LogP contribution is 2.28. The van der Waals surface area contributed by atoms with Crippen molar-refractivity contribution in [3.8, 4) is 0 Å². The molecule has 1 amide bonds. The summed E-state index contributed by atoms with van der Waals surface area (Å²) >= 11 is 12.0. The SMILES string of the molecule is CC(Cc1ccc(Cl)cc1Cl)NC(=O)C1(S(C)(=O)=O)CCNCC1.Cl. The van der Waals surface area contributed by atoms with Crippen molar-refractivity contribution in [1.29, 1.82) is 0 Å². The molecule has 1 aromatic carbocycles. The first-order valence-corrected chi connectivity index (χ1v) is 10.5. The van der Waals surface area contributed by atoms with E-state index in [1.165, 1.54) is 0 Å². The lowest BCUT2D eigenvalue weighted by atomic mass is 9.95. The Hall–Kier alpha value is -0.530. The van der Waals surface area contributed by atoms with E-state index in [-0.39, 0.29) is 31.3 Å². The summed E-state index contributed by atoms with van der Waals surface area (Å²) in [7, 11) is -3.51. The molecule has 1 atom stereocenters. The van der Waals surface area contributed by atoms with Gasteiger partial charge < -0.3 is 10.6 Å². The fourth-order valence-electron chi connectivity index (χ4n) is 3.02. The minimum absolute atomic E-state index is 0. The summed E-state index contributed by atoms with van der Waals surface area (Å²) in [6.45, 7) is 2.86. The van der Waals surface area contributed by atoms with Crippen LogP contribution in [0.1, 0.15) is 25.3 Å². The molecule has 0 saturated carbocycles. The number of hydrogen-bond donors (Lipinski definition) is 2.